The molecule has 0 unspecified atom stereocenters. The maximum Gasteiger partial charge on any atom is 0.246 e. The normalized spacial score (nSPS) is 10.8. The summed E-state index contributed by atoms with van der Waals surface area (Å²) < 4.78 is 12.9. The van der Waals surface area contributed by atoms with Crippen LogP contribution in [0.4, 0.5) is 0 Å². The van der Waals surface area contributed by atoms with Crippen LogP contribution in [-0.4, -0.2) is 35.8 Å². The second kappa shape index (κ2) is 8.49. The monoisotopic (exact) mass is 353 g/mol. The molecular formula is C20H23N3O3. The van der Waals surface area contributed by atoms with Crippen LogP contribution in [0.3, 0.4) is 0 Å². The molecule has 1 aromatic heterocycles. The van der Waals surface area contributed by atoms with Crippen molar-refractivity contribution in [1.29, 1.82) is 0 Å². The number of nitrogens with one attached hydrogen (secondary N) is 1. The van der Waals surface area contributed by atoms with Gasteiger partial charge in [0.05, 0.1) is 24.1 Å². The van der Waals surface area contributed by atoms with Crippen LogP contribution in [0, 0.1) is 6.92 Å². The highest BCUT2D eigenvalue weighted by Gasteiger charge is 2.12. The number of imidazole rings is 1. The Hall–Kier alpha value is -2.86. The number of aromatic nitrogens is 2. The molecule has 3 aromatic rings. The van der Waals surface area contributed by atoms with Gasteiger partial charge in [-0.15, -0.1) is 0 Å². The summed E-state index contributed by atoms with van der Waals surface area (Å²) in [5, 5.41) is 2.83. The van der Waals surface area contributed by atoms with E-state index >= 15 is 0 Å². The zero-order valence-electron chi connectivity index (χ0n) is 15.1. The van der Waals surface area contributed by atoms with Gasteiger partial charge in [0.1, 0.15) is 24.8 Å². The van der Waals surface area contributed by atoms with E-state index in [9.17, 15) is 4.79 Å². The van der Waals surface area contributed by atoms with E-state index in [0.29, 0.717) is 19.7 Å². The molecule has 6 heteroatoms. The number of aryl methyl sites for hydroxylation is 1. The lowest BCUT2D eigenvalue weighted by atomic mass is 10.2. The fourth-order valence-electron chi connectivity index (χ4n) is 2.83. The average molecular weight is 353 g/mol. The summed E-state index contributed by atoms with van der Waals surface area (Å²) in [6, 6.07) is 15.9. The van der Waals surface area contributed by atoms with Crippen molar-refractivity contribution < 1.29 is 14.3 Å². The highest BCUT2D eigenvalue weighted by atomic mass is 16.5. The van der Waals surface area contributed by atoms with Gasteiger partial charge in [-0.1, -0.05) is 30.3 Å². The summed E-state index contributed by atoms with van der Waals surface area (Å²) in [6.07, 6.45) is 0. The number of carbonyl (C=O) groups excluding carboxylic acids is 1. The standard InChI is InChI=1S/C20H23N3O3/c1-15-7-3-6-10-18(15)26-12-11-23-17-9-5-4-8-16(17)22-19(23)13-21-20(24)14-25-2/h3-10H,11-14H2,1-2H3,(H,21,24). The molecule has 6 nitrogen and oxygen atoms in total. The average Bonchev–Trinajstić information content (AvgIpc) is 3.00. The van der Waals surface area contributed by atoms with Gasteiger partial charge in [0.15, 0.2) is 0 Å². The summed E-state index contributed by atoms with van der Waals surface area (Å²) in [5.41, 5.74) is 3.03. The maximum absolute atomic E-state index is 11.7. The van der Waals surface area contributed by atoms with Crippen LogP contribution < -0.4 is 10.1 Å². The lowest BCUT2D eigenvalue weighted by Crippen LogP contribution is -2.28. The molecule has 136 valence electrons. The van der Waals surface area contributed by atoms with E-state index in [1.165, 1.54) is 7.11 Å². The quantitative estimate of drug-likeness (QED) is 0.676. The lowest BCUT2D eigenvalue weighted by Gasteiger charge is -2.12. The fraction of sp³-hybridized carbons (Fsp3) is 0.300. The Labute approximate surface area is 152 Å². The second-order valence-electron chi connectivity index (χ2n) is 5.99. The molecule has 0 saturated carbocycles. The zero-order valence-corrected chi connectivity index (χ0v) is 15.1. The van der Waals surface area contributed by atoms with Crippen molar-refractivity contribution in [3.63, 3.8) is 0 Å². The number of nitrogens with zero attached hydrogens (tertiary/aromatic N) is 2. The van der Waals surface area contributed by atoms with Gasteiger partial charge in [0.25, 0.3) is 0 Å². The van der Waals surface area contributed by atoms with Gasteiger partial charge in [-0.3, -0.25) is 4.79 Å². The van der Waals surface area contributed by atoms with Crippen LogP contribution in [0.2, 0.25) is 0 Å². The van der Waals surface area contributed by atoms with Crippen LogP contribution in [0.1, 0.15) is 11.4 Å². The topological polar surface area (TPSA) is 65.4 Å². The predicted molar refractivity (Wildman–Crippen MR) is 100 cm³/mol. The van der Waals surface area contributed by atoms with Crippen LogP contribution in [0.5, 0.6) is 5.75 Å². The van der Waals surface area contributed by atoms with E-state index in [4.69, 9.17) is 9.47 Å². The molecule has 3 rings (SSSR count). The third-order valence-electron chi connectivity index (χ3n) is 4.12. The van der Waals surface area contributed by atoms with Crippen molar-refractivity contribution in [2.45, 2.75) is 20.0 Å². The number of rotatable bonds is 8. The van der Waals surface area contributed by atoms with Crippen molar-refractivity contribution in [1.82, 2.24) is 14.9 Å². The molecule has 0 fully saturated rings. The van der Waals surface area contributed by atoms with Crippen LogP contribution in [0.25, 0.3) is 11.0 Å². The molecule has 1 heterocycles. The number of fused-ring (bicyclic) bond motifs is 1. The highest BCUT2D eigenvalue weighted by Crippen LogP contribution is 2.18. The number of para-hydroxylation sites is 3. The van der Waals surface area contributed by atoms with Crippen LogP contribution in [0.15, 0.2) is 48.5 Å². The number of ether oxygens (including phenoxy) is 2. The van der Waals surface area contributed by atoms with E-state index in [1.54, 1.807) is 0 Å². The van der Waals surface area contributed by atoms with Gasteiger partial charge in [0, 0.05) is 7.11 Å². The summed E-state index contributed by atoms with van der Waals surface area (Å²) in [6.45, 7) is 3.57. The van der Waals surface area contributed by atoms with Crippen molar-refractivity contribution in [2.75, 3.05) is 20.3 Å². The number of amides is 1. The van der Waals surface area contributed by atoms with Crippen molar-refractivity contribution in [3.05, 3.63) is 59.9 Å². The van der Waals surface area contributed by atoms with Gasteiger partial charge in [-0.25, -0.2) is 4.98 Å². The van der Waals surface area contributed by atoms with E-state index < -0.39 is 0 Å². The number of carbonyl (C=O) groups is 1. The second-order valence-corrected chi connectivity index (χ2v) is 5.99. The van der Waals surface area contributed by atoms with Crippen molar-refractivity contribution >= 4 is 16.9 Å². The third kappa shape index (κ3) is 4.21. The maximum atomic E-state index is 11.7. The largest absolute Gasteiger partial charge is 0.491 e. The third-order valence-corrected chi connectivity index (χ3v) is 4.12. The first-order valence-corrected chi connectivity index (χ1v) is 8.57. The summed E-state index contributed by atoms with van der Waals surface area (Å²) in [5.74, 6) is 1.51. The van der Waals surface area contributed by atoms with E-state index in [2.05, 4.69) is 14.9 Å². The van der Waals surface area contributed by atoms with Gasteiger partial charge < -0.3 is 19.4 Å². The number of hydrogen-bond donors (Lipinski definition) is 1. The molecule has 0 aliphatic carbocycles. The molecule has 1 N–H and O–H groups in total. The highest BCUT2D eigenvalue weighted by molar-refractivity contribution is 5.78. The smallest absolute Gasteiger partial charge is 0.246 e. The SMILES string of the molecule is COCC(=O)NCc1nc2ccccc2n1CCOc1ccccc1C. The first kappa shape index (κ1) is 17.9. The minimum atomic E-state index is -0.165. The van der Waals surface area contributed by atoms with E-state index in [-0.39, 0.29) is 12.5 Å². The predicted octanol–water partition coefficient (Wildman–Crippen LogP) is 2.69. The molecule has 26 heavy (non-hydrogen) atoms. The molecule has 0 radical (unpaired) electrons. The molecule has 0 bridgehead atoms. The Bertz CT molecular complexity index is 889. The first-order chi connectivity index (χ1) is 12.7. The van der Waals surface area contributed by atoms with Crippen LogP contribution in [-0.2, 0) is 22.6 Å². The Morgan fingerprint density at radius 1 is 1.15 bits per heavy atom. The van der Waals surface area contributed by atoms with E-state index in [0.717, 1.165) is 28.2 Å². The fourth-order valence-corrected chi connectivity index (χ4v) is 2.83. The summed E-state index contributed by atoms with van der Waals surface area (Å²) in [7, 11) is 1.50. The molecular weight excluding hydrogens is 330 g/mol. The van der Waals surface area contributed by atoms with Gasteiger partial charge in [-0.05, 0) is 30.7 Å². The molecule has 2 aromatic carbocycles. The molecule has 1 amide bonds. The van der Waals surface area contributed by atoms with Crippen LogP contribution >= 0.6 is 0 Å². The summed E-state index contributed by atoms with van der Waals surface area (Å²) >= 11 is 0. The minimum Gasteiger partial charge on any atom is -0.491 e. The Balaban J connectivity index is 1.73. The Morgan fingerprint density at radius 3 is 2.73 bits per heavy atom. The minimum absolute atomic E-state index is 0.0383. The number of methoxy groups -OCH3 is 1. The van der Waals surface area contributed by atoms with Gasteiger partial charge >= 0.3 is 0 Å². The Morgan fingerprint density at radius 2 is 1.92 bits per heavy atom. The molecule has 0 aliphatic heterocycles. The number of benzene rings is 2. The van der Waals surface area contributed by atoms with Crippen molar-refractivity contribution in [3.8, 4) is 5.75 Å². The lowest BCUT2D eigenvalue weighted by molar-refractivity contribution is -0.124. The van der Waals surface area contributed by atoms with Gasteiger partial charge in [-0.2, -0.15) is 0 Å². The molecule has 0 saturated heterocycles. The zero-order chi connectivity index (χ0) is 18.4. The first-order valence-electron chi connectivity index (χ1n) is 8.57. The molecule has 0 atom stereocenters. The summed E-state index contributed by atoms with van der Waals surface area (Å²) in [4.78, 5) is 16.3. The van der Waals surface area contributed by atoms with E-state index in [1.807, 2.05) is 55.5 Å². The number of hydrogen-bond acceptors (Lipinski definition) is 4. The molecule has 0 spiro atoms. The van der Waals surface area contributed by atoms with Gasteiger partial charge in [0.2, 0.25) is 5.91 Å². The van der Waals surface area contributed by atoms with Crippen molar-refractivity contribution in [2.24, 2.45) is 0 Å². The Kier molecular flexibility index (Phi) is 5.86. The molecule has 0 aliphatic rings.